The van der Waals surface area contributed by atoms with E-state index in [1.54, 1.807) is 0 Å². The number of anilines is 1. The minimum absolute atomic E-state index is 0.0489. The molecule has 8 heteroatoms. The molecule has 0 unspecified atom stereocenters. The van der Waals surface area contributed by atoms with Gasteiger partial charge in [-0.15, -0.1) is 0 Å². The van der Waals surface area contributed by atoms with Crippen LogP contribution in [0.5, 0.6) is 0 Å². The number of pyridine rings is 1. The van der Waals surface area contributed by atoms with Crippen molar-refractivity contribution >= 4 is 17.6 Å². The highest BCUT2D eigenvalue weighted by Crippen LogP contribution is 2.16. The van der Waals surface area contributed by atoms with Crippen LogP contribution >= 0.6 is 0 Å². The zero-order valence-electron chi connectivity index (χ0n) is 12.2. The number of rotatable bonds is 3. The SMILES string of the molecule is CN(C)C(=O)c1cccc(NC(=O)c2c(F)cc(F)cc2F)n1. The Bertz CT molecular complexity index is 755. The molecule has 0 saturated carbocycles. The van der Waals surface area contributed by atoms with E-state index in [1.165, 1.54) is 37.2 Å². The summed E-state index contributed by atoms with van der Waals surface area (Å²) >= 11 is 0. The van der Waals surface area contributed by atoms with Crippen molar-refractivity contribution in [3.8, 4) is 0 Å². The van der Waals surface area contributed by atoms with Gasteiger partial charge in [-0.1, -0.05) is 6.07 Å². The third-order valence-corrected chi connectivity index (χ3v) is 2.85. The zero-order chi connectivity index (χ0) is 17.1. The third-order valence-electron chi connectivity index (χ3n) is 2.85. The van der Waals surface area contributed by atoms with Crippen molar-refractivity contribution in [3.05, 3.63) is 59.0 Å². The van der Waals surface area contributed by atoms with Crippen LogP contribution in [0.25, 0.3) is 0 Å². The summed E-state index contributed by atoms with van der Waals surface area (Å²) < 4.78 is 40.0. The number of amides is 2. The standard InChI is InChI=1S/C15H12F3N3O2/c1-21(2)15(23)11-4-3-5-12(19-11)20-14(22)13-9(17)6-8(16)7-10(13)18/h3-7H,1-2H3,(H,19,20,22). The fraction of sp³-hybridized carbons (Fsp3) is 0.133. The topological polar surface area (TPSA) is 62.3 Å². The molecule has 5 nitrogen and oxygen atoms in total. The summed E-state index contributed by atoms with van der Waals surface area (Å²) in [4.78, 5) is 28.9. The van der Waals surface area contributed by atoms with Gasteiger partial charge in [-0.3, -0.25) is 9.59 Å². The number of hydrogen-bond donors (Lipinski definition) is 1. The second-order valence-corrected chi connectivity index (χ2v) is 4.81. The number of halogens is 3. The molecule has 0 aliphatic heterocycles. The first-order valence-corrected chi connectivity index (χ1v) is 6.44. The van der Waals surface area contributed by atoms with E-state index < -0.39 is 34.8 Å². The zero-order valence-corrected chi connectivity index (χ0v) is 12.2. The molecule has 0 fully saturated rings. The molecule has 0 radical (unpaired) electrons. The van der Waals surface area contributed by atoms with E-state index in [0.29, 0.717) is 12.1 Å². The highest BCUT2D eigenvalue weighted by Gasteiger charge is 2.20. The monoisotopic (exact) mass is 323 g/mol. The molecule has 1 N–H and O–H groups in total. The number of nitrogens with zero attached hydrogens (tertiary/aromatic N) is 2. The summed E-state index contributed by atoms with van der Waals surface area (Å²) in [6, 6.07) is 5.03. The normalized spacial score (nSPS) is 10.3. The van der Waals surface area contributed by atoms with Crippen molar-refractivity contribution in [2.45, 2.75) is 0 Å². The molecular weight excluding hydrogens is 311 g/mol. The number of aromatic nitrogens is 1. The second-order valence-electron chi connectivity index (χ2n) is 4.81. The molecule has 1 aromatic heterocycles. The molecule has 120 valence electrons. The Morgan fingerprint density at radius 1 is 1.09 bits per heavy atom. The smallest absolute Gasteiger partial charge is 0.272 e. The van der Waals surface area contributed by atoms with Crippen LogP contribution in [0.2, 0.25) is 0 Å². The van der Waals surface area contributed by atoms with Gasteiger partial charge in [0.25, 0.3) is 11.8 Å². The Balaban J connectivity index is 2.28. The summed E-state index contributed by atoms with van der Waals surface area (Å²) in [6.45, 7) is 0. The fourth-order valence-electron chi connectivity index (χ4n) is 1.79. The lowest BCUT2D eigenvalue weighted by molar-refractivity contribution is 0.0821. The Labute approximate surface area is 129 Å². The Kier molecular flexibility index (Phi) is 4.63. The summed E-state index contributed by atoms with van der Waals surface area (Å²) in [5, 5.41) is 2.17. The summed E-state index contributed by atoms with van der Waals surface area (Å²) in [7, 11) is 3.05. The predicted molar refractivity (Wildman–Crippen MR) is 76.5 cm³/mol. The van der Waals surface area contributed by atoms with Crippen LogP contribution in [0.15, 0.2) is 30.3 Å². The number of benzene rings is 1. The molecule has 1 heterocycles. The highest BCUT2D eigenvalue weighted by atomic mass is 19.1. The van der Waals surface area contributed by atoms with E-state index in [4.69, 9.17) is 0 Å². The average Bonchev–Trinajstić information content (AvgIpc) is 2.45. The van der Waals surface area contributed by atoms with Crippen LogP contribution in [-0.2, 0) is 0 Å². The maximum atomic E-state index is 13.6. The van der Waals surface area contributed by atoms with Crippen LogP contribution in [0.3, 0.4) is 0 Å². The maximum Gasteiger partial charge on any atom is 0.272 e. The van der Waals surface area contributed by atoms with Gasteiger partial charge in [-0.25, -0.2) is 18.2 Å². The van der Waals surface area contributed by atoms with Crippen LogP contribution < -0.4 is 5.32 Å². The summed E-state index contributed by atoms with van der Waals surface area (Å²) in [5.74, 6) is -5.40. The first kappa shape index (κ1) is 16.5. The van der Waals surface area contributed by atoms with Crippen molar-refractivity contribution in [2.75, 3.05) is 19.4 Å². The minimum Gasteiger partial charge on any atom is -0.343 e. The molecule has 23 heavy (non-hydrogen) atoms. The van der Waals surface area contributed by atoms with Crippen molar-refractivity contribution in [1.29, 1.82) is 0 Å². The lowest BCUT2D eigenvalue weighted by Crippen LogP contribution is -2.23. The van der Waals surface area contributed by atoms with Crippen LogP contribution in [0, 0.1) is 17.5 Å². The number of carbonyl (C=O) groups excluding carboxylic acids is 2. The van der Waals surface area contributed by atoms with Crippen LogP contribution in [0.1, 0.15) is 20.8 Å². The van der Waals surface area contributed by atoms with Crippen LogP contribution in [-0.4, -0.2) is 35.8 Å². The molecule has 0 spiro atoms. The molecular formula is C15H12F3N3O2. The van der Waals surface area contributed by atoms with Crippen molar-refractivity contribution in [1.82, 2.24) is 9.88 Å². The lowest BCUT2D eigenvalue weighted by Gasteiger charge is -2.11. The highest BCUT2D eigenvalue weighted by molar-refractivity contribution is 6.04. The van der Waals surface area contributed by atoms with Gasteiger partial charge in [0.15, 0.2) is 0 Å². The molecule has 2 aromatic rings. The summed E-state index contributed by atoms with van der Waals surface area (Å²) in [5.41, 5.74) is -0.884. The number of carbonyl (C=O) groups is 2. The molecule has 1 aromatic carbocycles. The van der Waals surface area contributed by atoms with E-state index in [0.717, 1.165) is 0 Å². The number of hydrogen-bond acceptors (Lipinski definition) is 3. The van der Waals surface area contributed by atoms with Gasteiger partial charge in [0.2, 0.25) is 0 Å². The van der Waals surface area contributed by atoms with Gasteiger partial charge < -0.3 is 10.2 Å². The maximum absolute atomic E-state index is 13.6. The fourth-order valence-corrected chi connectivity index (χ4v) is 1.79. The van der Waals surface area contributed by atoms with E-state index in [9.17, 15) is 22.8 Å². The molecule has 0 aliphatic rings. The molecule has 2 amide bonds. The summed E-state index contributed by atoms with van der Waals surface area (Å²) in [6.07, 6.45) is 0. The van der Waals surface area contributed by atoms with E-state index >= 15 is 0 Å². The van der Waals surface area contributed by atoms with E-state index in [-0.39, 0.29) is 11.5 Å². The first-order chi connectivity index (χ1) is 10.8. The Hall–Kier alpha value is -2.90. The van der Waals surface area contributed by atoms with Gasteiger partial charge in [-0.2, -0.15) is 0 Å². The van der Waals surface area contributed by atoms with Crippen LogP contribution in [0.4, 0.5) is 19.0 Å². The van der Waals surface area contributed by atoms with Crippen molar-refractivity contribution in [2.24, 2.45) is 0 Å². The van der Waals surface area contributed by atoms with Gasteiger partial charge >= 0.3 is 0 Å². The van der Waals surface area contributed by atoms with Gasteiger partial charge in [0.1, 0.15) is 34.5 Å². The van der Waals surface area contributed by atoms with E-state index in [2.05, 4.69) is 10.3 Å². The largest absolute Gasteiger partial charge is 0.343 e. The van der Waals surface area contributed by atoms with Crippen molar-refractivity contribution in [3.63, 3.8) is 0 Å². The van der Waals surface area contributed by atoms with Gasteiger partial charge in [0, 0.05) is 26.2 Å². The molecule has 0 saturated heterocycles. The second kappa shape index (κ2) is 6.47. The molecule has 0 atom stereocenters. The number of nitrogens with one attached hydrogen (secondary N) is 1. The third kappa shape index (κ3) is 3.65. The average molecular weight is 323 g/mol. The van der Waals surface area contributed by atoms with Gasteiger partial charge in [0.05, 0.1) is 0 Å². The Morgan fingerprint density at radius 2 is 1.70 bits per heavy atom. The van der Waals surface area contributed by atoms with Gasteiger partial charge in [-0.05, 0) is 12.1 Å². The molecule has 0 bridgehead atoms. The quantitative estimate of drug-likeness (QED) is 0.944. The molecule has 2 rings (SSSR count). The predicted octanol–water partition coefficient (Wildman–Crippen LogP) is 2.45. The molecule has 0 aliphatic carbocycles. The van der Waals surface area contributed by atoms with Crippen molar-refractivity contribution < 1.29 is 22.8 Å². The first-order valence-electron chi connectivity index (χ1n) is 6.44. The van der Waals surface area contributed by atoms with E-state index in [1.807, 2.05) is 0 Å². The lowest BCUT2D eigenvalue weighted by atomic mass is 10.1. The minimum atomic E-state index is -1.33. The Morgan fingerprint density at radius 3 is 2.26 bits per heavy atom.